The molecule has 0 fully saturated rings. The van der Waals surface area contributed by atoms with Crippen molar-refractivity contribution in [2.45, 2.75) is 6.92 Å². The molecule has 82 valence electrons. The lowest BCUT2D eigenvalue weighted by molar-refractivity contribution is 0.628. The van der Waals surface area contributed by atoms with Gasteiger partial charge in [0.15, 0.2) is 0 Å². The molecule has 0 aliphatic heterocycles. The van der Waals surface area contributed by atoms with Crippen molar-refractivity contribution < 1.29 is 4.39 Å². The second-order valence-corrected chi connectivity index (χ2v) is 3.72. The minimum atomic E-state index is -0.247. The fourth-order valence-electron chi connectivity index (χ4n) is 1.47. The van der Waals surface area contributed by atoms with Gasteiger partial charge in [0.05, 0.1) is 11.4 Å². The van der Waals surface area contributed by atoms with Gasteiger partial charge in [-0.05, 0) is 48.9 Å². The third-order valence-corrected chi connectivity index (χ3v) is 2.33. The summed E-state index contributed by atoms with van der Waals surface area (Å²) in [4.78, 5) is 0. The van der Waals surface area contributed by atoms with E-state index in [0.717, 1.165) is 16.9 Å². The number of anilines is 3. The third kappa shape index (κ3) is 2.31. The van der Waals surface area contributed by atoms with Crippen LogP contribution in [0.1, 0.15) is 5.56 Å². The maximum atomic E-state index is 12.7. The van der Waals surface area contributed by atoms with E-state index in [1.54, 1.807) is 12.1 Å². The van der Waals surface area contributed by atoms with Gasteiger partial charge in [0.25, 0.3) is 0 Å². The molecular formula is C13H13FN2. The van der Waals surface area contributed by atoms with Crippen molar-refractivity contribution in [2.75, 3.05) is 11.1 Å². The van der Waals surface area contributed by atoms with E-state index >= 15 is 0 Å². The van der Waals surface area contributed by atoms with Gasteiger partial charge >= 0.3 is 0 Å². The number of aryl methyl sites for hydroxylation is 1. The predicted molar refractivity (Wildman–Crippen MR) is 65.3 cm³/mol. The molecule has 16 heavy (non-hydrogen) atoms. The molecule has 2 aromatic rings. The van der Waals surface area contributed by atoms with Crippen molar-refractivity contribution in [2.24, 2.45) is 0 Å². The van der Waals surface area contributed by atoms with Crippen LogP contribution in [0, 0.1) is 12.7 Å². The molecule has 0 radical (unpaired) electrons. The van der Waals surface area contributed by atoms with E-state index in [1.165, 1.54) is 12.1 Å². The summed E-state index contributed by atoms with van der Waals surface area (Å²) in [6.45, 7) is 2.00. The Morgan fingerprint density at radius 2 is 1.75 bits per heavy atom. The number of halogens is 1. The lowest BCUT2D eigenvalue weighted by Crippen LogP contribution is -1.96. The molecular weight excluding hydrogens is 203 g/mol. The Bertz CT molecular complexity index is 492. The van der Waals surface area contributed by atoms with Crippen molar-refractivity contribution in [1.82, 2.24) is 0 Å². The number of nitrogens with two attached hydrogens (primary N) is 1. The van der Waals surface area contributed by atoms with Crippen LogP contribution in [0.25, 0.3) is 0 Å². The summed E-state index contributed by atoms with van der Waals surface area (Å²) in [5, 5.41) is 3.15. The Morgan fingerprint density at radius 1 is 1.06 bits per heavy atom. The van der Waals surface area contributed by atoms with Crippen molar-refractivity contribution in [3.05, 3.63) is 53.8 Å². The Labute approximate surface area is 93.9 Å². The smallest absolute Gasteiger partial charge is 0.123 e. The molecule has 0 aromatic heterocycles. The van der Waals surface area contributed by atoms with E-state index in [4.69, 9.17) is 5.73 Å². The molecule has 0 heterocycles. The average molecular weight is 216 g/mol. The van der Waals surface area contributed by atoms with Crippen molar-refractivity contribution in [1.29, 1.82) is 0 Å². The molecule has 0 aliphatic rings. The second-order valence-electron chi connectivity index (χ2n) is 3.72. The number of rotatable bonds is 2. The van der Waals surface area contributed by atoms with Crippen LogP contribution >= 0.6 is 0 Å². The molecule has 0 spiro atoms. The number of hydrogen-bond acceptors (Lipinski definition) is 2. The number of nitrogens with one attached hydrogen (secondary N) is 1. The van der Waals surface area contributed by atoms with E-state index in [1.807, 2.05) is 25.1 Å². The Morgan fingerprint density at radius 3 is 2.44 bits per heavy atom. The van der Waals surface area contributed by atoms with E-state index in [-0.39, 0.29) is 5.82 Å². The lowest BCUT2D eigenvalue weighted by Gasteiger charge is -2.10. The van der Waals surface area contributed by atoms with Crippen LogP contribution < -0.4 is 11.1 Å². The van der Waals surface area contributed by atoms with Crippen molar-refractivity contribution in [3.63, 3.8) is 0 Å². The summed E-state index contributed by atoms with van der Waals surface area (Å²) < 4.78 is 12.7. The van der Waals surface area contributed by atoms with Crippen LogP contribution in [-0.2, 0) is 0 Å². The maximum absolute atomic E-state index is 12.7. The average Bonchev–Trinajstić information content (AvgIpc) is 2.27. The van der Waals surface area contributed by atoms with Gasteiger partial charge in [0, 0.05) is 5.69 Å². The quantitative estimate of drug-likeness (QED) is 0.754. The highest BCUT2D eigenvalue weighted by molar-refractivity contribution is 5.73. The van der Waals surface area contributed by atoms with E-state index in [0.29, 0.717) is 5.69 Å². The highest BCUT2D eigenvalue weighted by Gasteiger charge is 2.00. The van der Waals surface area contributed by atoms with Crippen LogP contribution in [0.4, 0.5) is 21.5 Å². The highest BCUT2D eigenvalue weighted by atomic mass is 19.1. The number of hydrogen-bond donors (Lipinski definition) is 2. The fraction of sp³-hybridized carbons (Fsp3) is 0.0769. The standard InChI is InChI=1S/C13H13FN2/c1-9-2-7-12(15)13(8-9)16-11-5-3-10(14)4-6-11/h2-8,16H,15H2,1H3. The first kappa shape index (κ1) is 10.5. The summed E-state index contributed by atoms with van der Waals surface area (Å²) in [5.41, 5.74) is 9.29. The van der Waals surface area contributed by atoms with Gasteiger partial charge in [0.1, 0.15) is 5.82 Å². The summed E-state index contributed by atoms with van der Waals surface area (Å²) >= 11 is 0. The first-order valence-electron chi connectivity index (χ1n) is 5.04. The number of nitrogen functional groups attached to an aromatic ring is 1. The molecule has 2 aromatic carbocycles. The van der Waals surface area contributed by atoms with Crippen LogP contribution in [0.2, 0.25) is 0 Å². The molecule has 0 amide bonds. The van der Waals surface area contributed by atoms with E-state index in [9.17, 15) is 4.39 Å². The zero-order valence-corrected chi connectivity index (χ0v) is 9.00. The molecule has 3 N–H and O–H groups in total. The minimum Gasteiger partial charge on any atom is -0.397 e. The van der Waals surface area contributed by atoms with Gasteiger partial charge in [-0.2, -0.15) is 0 Å². The van der Waals surface area contributed by atoms with Crippen LogP contribution in [0.15, 0.2) is 42.5 Å². The SMILES string of the molecule is Cc1ccc(N)c(Nc2ccc(F)cc2)c1. The zero-order valence-electron chi connectivity index (χ0n) is 9.00. The van der Waals surface area contributed by atoms with Crippen molar-refractivity contribution >= 4 is 17.1 Å². The Hall–Kier alpha value is -2.03. The summed E-state index contributed by atoms with van der Waals surface area (Å²) in [7, 11) is 0. The molecule has 0 saturated heterocycles. The molecule has 0 aliphatic carbocycles. The normalized spacial score (nSPS) is 10.1. The van der Waals surface area contributed by atoms with Gasteiger partial charge < -0.3 is 11.1 Å². The third-order valence-electron chi connectivity index (χ3n) is 2.33. The molecule has 0 bridgehead atoms. The van der Waals surface area contributed by atoms with E-state index < -0.39 is 0 Å². The first-order chi connectivity index (χ1) is 7.65. The van der Waals surface area contributed by atoms with Crippen molar-refractivity contribution in [3.8, 4) is 0 Å². The van der Waals surface area contributed by atoms with Crippen LogP contribution in [-0.4, -0.2) is 0 Å². The molecule has 3 heteroatoms. The maximum Gasteiger partial charge on any atom is 0.123 e. The topological polar surface area (TPSA) is 38.0 Å². The van der Waals surface area contributed by atoms with E-state index in [2.05, 4.69) is 5.32 Å². The molecule has 2 rings (SSSR count). The van der Waals surface area contributed by atoms with Gasteiger partial charge in [0.2, 0.25) is 0 Å². The summed E-state index contributed by atoms with van der Waals surface area (Å²) in [6.07, 6.45) is 0. The van der Waals surface area contributed by atoms with Gasteiger partial charge in [-0.3, -0.25) is 0 Å². The van der Waals surface area contributed by atoms with Gasteiger partial charge in [-0.25, -0.2) is 4.39 Å². The molecule has 2 nitrogen and oxygen atoms in total. The molecule has 0 saturated carbocycles. The molecule has 0 unspecified atom stereocenters. The Kier molecular flexibility index (Phi) is 2.77. The Balaban J connectivity index is 2.26. The van der Waals surface area contributed by atoms with Gasteiger partial charge in [-0.15, -0.1) is 0 Å². The first-order valence-corrected chi connectivity index (χ1v) is 5.04. The zero-order chi connectivity index (χ0) is 11.5. The lowest BCUT2D eigenvalue weighted by atomic mass is 10.2. The fourth-order valence-corrected chi connectivity index (χ4v) is 1.47. The summed E-state index contributed by atoms with van der Waals surface area (Å²) in [6, 6.07) is 11.9. The monoisotopic (exact) mass is 216 g/mol. The highest BCUT2D eigenvalue weighted by Crippen LogP contribution is 2.24. The number of benzene rings is 2. The van der Waals surface area contributed by atoms with Crippen LogP contribution in [0.3, 0.4) is 0 Å². The van der Waals surface area contributed by atoms with Crippen LogP contribution in [0.5, 0.6) is 0 Å². The minimum absolute atomic E-state index is 0.247. The largest absolute Gasteiger partial charge is 0.397 e. The summed E-state index contributed by atoms with van der Waals surface area (Å²) in [5.74, 6) is -0.247. The van der Waals surface area contributed by atoms with Gasteiger partial charge in [-0.1, -0.05) is 6.07 Å². The second kappa shape index (κ2) is 4.23. The predicted octanol–water partition coefficient (Wildman–Crippen LogP) is 3.46. The molecule has 0 atom stereocenters.